The van der Waals surface area contributed by atoms with Gasteiger partial charge in [-0.3, -0.25) is 9.59 Å². The summed E-state index contributed by atoms with van der Waals surface area (Å²) in [6.07, 6.45) is 6.48. The summed E-state index contributed by atoms with van der Waals surface area (Å²) >= 11 is 0. The molecule has 0 amide bonds. The zero-order chi connectivity index (χ0) is 26.5. The van der Waals surface area contributed by atoms with E-state index in [0.717, 1.165) is 0 Å². The molecule has 4 rings (SSSR count). The molecule has 0 radical (unpaired) electrons. The summed E-state index contributed by atoms with van der Waals surface area (Å²) in [5.41, 5.74) is 1.38. The highest BCUT2D eigenvalue weighted by molar-refractivity contribution is 5.98. The fraction of sp³-hybridized carbons (Fsp3) is 0.414. The van der Waals surface area contributed by atoms with Crippen LogP contribution in [0.4, 0.5) is 0 Å². The summed E-state index contributed by atoms with van der Waals surface area (Å²) in [5.74, 6) is -0.600. The first-order valence-electron chi connectivity index (χ1n) is 12.5. The number of ketones is 1. The molecule has 2 aromatic carbocycles. The molecule has 2 aromatic rings. The highest BCUT2D eigenvalue weighted by atomic mass is 16.5. The van der Waals surface area contributed by atoms with Crippen molar-refractivity contribution in [2.45, 2.75) is 63.9 Å². The van der Waals surface area contributed by atoms with E-state index in [2.05, 4.69) is 0 Å². The zero-order valence-corrected chi connectivity index (χ0v) is 21.4. The number of benzene rings is 2. The molecule has 0 saturated heterocycles. The van der Waals surface area contributed by atoms with Crippen LogP contribution in [0.25, 0.3) is 6.08 Å². The Morgan fingerprint density at radius 1 is 1.03 bits per heavy atom. The normalized spacial score (nSPS) is 21.5. The third kappa shape index (κ3) is 5.79. The number of cyclic esters (lactones) is 1. The number of carbonyl (C=O) groups is 3. The van der Waals surface area contributed by atoms with E-state index in [1.165, 1.54) is 7.11 Å². The summed E-state index contributed by atoms with van der Waals surface area (Å²) in [4.78, 5) is 38.0. The molecule has 0 aromatic heterocycles. The Morgan fingerprint density at radius 2 is 1.81 bits per heavy atom. The minimum atomic E-state index is -0.673. The van der Waals surface area contributed by atoms with Gasteiger partial charge in [-0.15, -0.1) is 0 Å². The molecule has 2 atom stereocenters. The van der Waals surface area contributed by atoms with Gasteiger partial charge in [0.15, 0.2) is 0 Å². The number of ether oxygens (including phenoxy) is 4. The molecule has 0 fully saturated rings. The number of esters is 2. The lowest BCUT2D eigenvalue weighted by Gasteiger charge is -2.28. The molecular weight excluding hydrogens is 476 g/mol. The first-order valence-corrected chi connectivity index (χ1v) is 12.5. The van der Waals surface area contributed by atoms with E-state index in [9.17, 15) is 19.5 Å². The lowest BCUT2D eigenvalue weighted by atomic mass is 9.83. The van der Waals surface area contributed by atoms with Crippen molar-refractivity contribution in [1.82, 2.24) is 0 Å². The smallest absolute Gasteiger partial charge is 0.342 e. The second-order valence-corrected chi connectivity index (χ2v) is 9.38. The molecule has 8 nitrogen and oxygen atoms in total. The third-order valence-corrected chi connectivity index (χ3v) is 6.79. The van der Waals surface area contributed by atoms with E-state index in [0.29, 0.717) is 66.7 Å². The molecule has 0 bridgehead atoms. The zero-order valence-electron chi connectivity index (χ0n) is 21.4. The van der Waals surface area contributed by atoms with E-state index in [1.54, 1.807) is 44.4 Å². The number of fused-ring (bicyclic) bond motifs is 2. The van der Waals surface area contributed by atoms with E-state index >= 15 is 0 Å². The summed E-state index contributed by atoms with van der Waals surface area (Å²) in [6, 6.07) is 6.81. The van der Waals surface area contributed by atoms with E-state index in [4.69, 9.17) is 18.9 Å². The maximum Gasteiger partial charge on any atom is 0.342 e. The van der Waals surface area contributed by atoms with Gasteiger partial charge in [-0.1, -0.05) is 18.2 Å². The van der Waals surface area contributed by atoms with Crippen LogP contribution in [0.2, 0.25) is 0 Å². The molecule has 1 N–H and O–H groups in total. The summed E-state index contributed by atoms with van der Waals surface area (Å²) < 4.78 is 22.1. The fourth-order valence-corrected chi connectivity index (χ4v) is 4.89. The number of methoxy groups -OCH3 is 2. The van der Waals surface area contributed by atoms with Gasteiger partial charge in [0, 0.05) is 36.0 Å². The summed E-state index contributed by atoms with van der Waals surface area (Å²) in [7, 11) is 3.06. The first-order chi connectivity index (χ1) is 17.8. The number of hydrogen-bond donors (Lipinski definition) is 1. The molecule has 37 heavy (non-hydrogen) atoms. The first kappa shape index (κ1) is 26.3. The largest absolute Gasteiger partial charge is 0.507 e. The predicted octanol–water partition coefficient (Wildman–Crippen LogP) is 5.33. The molecule has 0 spiro atoms. The average molecular weight is 509 g/mol. The second kappa shape index (κ2) is 11.5. The van der Waals surface area contributed by atoms with Crippen LogP contribution in [0.1, 0.15) is 84.8 Å². The van der Waals surface area contributed by atoms with Crippen LogP contribution in [0.3, 0.4) is 0 Å². The van der Waals surface area contributed by atoms with E-state index in [1.807, 2.05) is 6.08 Å². The number of phenols is 1. The van der Waals surface area contributed by atoms with Crippen LogP contribution < -0.4 is 14.2 Å². The lowest BCUT2D eigenvalue weighted by molar-refractivity contribution is -0.135. The van der Waals surface area contributed by atoms with Crippen molar-refractivity contribution in [1.29, 1.82) is 0 Å². The molecule has 0 saturated carbocycles. The van der Waals surface area contributed by atoms with Crippen LogP contribution in [0, 0.1) is 0 Å². The number of Topliss-reactive ketones (excluding diaryl/α,β-unsaturated/α-hetero) is 1. The topological polar surface area (TPSA) is 108 Å². The number of hydrogen-bond acceptors (Lipinski definition) is 8. The quantitative estimate of drug-likeness (QED) is 0.438. The number of phenolic OH excluding ortho intramolecular Hbond substituents is 1. The Labute approximate surface area is 216 Å². The van der Waals surface area contributed by atoms with Crippen LogP contribution in [0.15, 0.2) is 30.3 Å². The molecule has 2 heterocycles. The highest BCUT2D eigenvalue weighted by Crippen LogP contribution is 2.49. The van der Waals surface area contributed by atoms with Crippen LogP contribution in [-0.4, -0.2) is 43.2 Å². The van der Waals surface area contributed by atoms with Crippen molar-refractivity contribution in [2.75, 3.05) is 14.2 Å². The number of allylic oxidation sites excluding steroid dienone is 1. The summed E-state index contributed by atoms with van der Waals surface area (Å²) in [5, 5.41) is 11.5. The molecule has 0 aliphatic carbocycles. The Bertz CT molecular complexity index is 1230. The van der Waals surface area contributed by atoms with Gasteiger partial charge >= 0.3 is 11.9 Å². The van der Waals surface area contributed by atoms with Gasteiger partial charge in [-0.25, -0.2) is 4.79 Å². The molecule has 196 valence electrons. The van der Waals surface area contributed by atoms with Gasteiger partial charge in [0.1, 0.15) is 34.3 Å². The van der Waals surface area contributed by atoms with Gasteiger partial charge in [0.2, 0.25) is 0 Å². The standard InChI is InChI=1S/C29H32O8/c1-17-8-7-11-19(30)10-6-4-5-9-18-14-24-27(28(32)26(18)29(33)36-17)22(16-25(31)37-24)21-13-12-20(34-2)15-23(21)35-3/h5,9,12-15,17,22,32H,4,6-8,10-11,16H2,1-3H3/b9-5+. The lowest BCUT2D eigenvalue weighted by Crippen LogP contribution is -2.23. The second-order valence-electron chi connectivity index (χ2n) is 9.38. The van der Waals surface area contributed by atoms with E-state index < -0.39 is 24.0 Å². The minimum Gasteiger partial charge on any atom is -0.507 e. The Balaban J connectivity index is 1.84. The predicted molar refractivity (Wildman–Crippen MR) is 136 cm³/mol. The molecule has 2 aliphatic rings. The molecule has 2 unspecified atom stereocenters. The number of carbonyl (C=O) groups excluding carboxylic acids is 3. The molecule has 8 heteroatoms. The van der Waals surface area contributed by atoms with Gasteiger partial charge in [-0.2, -0.15) is 0 Å². The fourth-order valence-electron chi connectivity index (χ4n) is 4.89. The Hall–Kier alpha value is -3.81. The maximum absolute atomic E-state index is 13.3. The molecule has 2 aliphatic heterocycles. The SMILES string of the molecule is COc1ccc(C2CC(=O)Oc3cc4c(c(O)c32)C(=O)OC(C)CCCC(=O)CCC/C=C/4)c(OC)c1. The van der Waals surface area contributed by atoms with Crippen molar-refractivity contribution >= 4 is 23.8 Å². The number of rotatable bonds is 3. The molecular formula is C29H32O8. The number of aromatic hydroxyl groups is 1. The van der Waals surface area contributed by atoms with Gasteiger partial charge in [0.25, 0.3) is 0 Å². The Kier molecular flexibility index (Phi) is 8.16. The van der Waals surface area contributed by atoms with Crippen LogP contribution in [-0.2, 0) is 14.3 Å². The minimum absolute atomic E-state index is 0.0189. The summed E-state index contributed by atoms with van der Waals surface area (Å²) in [6.45, 7) is 1.77. The Morgan fingerprint density at radius 3 is 2.57 bits per heavy atom. The van der Waals surface area contributed by atoms with Crippen LogP contribution >= 0.6 is 0 Å². The monoisotopic (exact) mass is 508 g/mol. The van der Waals surface area contributed by atoms with Crippen molar-refractivity contribution < 1.29 is 38.4 Å². The highest BCUT2D eigenvalue weighted by Gasteiger charge is 2.36. The van der Waals surface area contributed by atoms with Crippen molar-refractivity contribution in [3.05, 3.63) is 52.6 Å². The van der Waals surface area contributed by atoms with Gasteiger partial charge in [-0.05, 0) is 50.3 Å². The van der Waals surface area contributed by atoms with Crippen molar-refractivity contribution in [3.8, 4) is 23.0 Å². The van der Waals surface area contributed by atoms with E-state index in [-0.39, 0.29) is 29.3 Å². The van der Waals surface area contributed by atoms with Gasteiger partial charge < -0.3 is 24.1 Å². The van der Waals surface area contributed by atoms with Crippen molar-refractivity contribution in [2.24, 2.45) is 0 Å². The van der Waals surface area contributed by atoms with Crippen LogP contribution in [0.5, 0.6) is 23.0 Å². The maximum atomic E-state index is 13.3. The van der Waals surface area contributed by atoms with Crippen molar-refractivity contribution in [3.63, 3.8) is 0 Å². The van der Waals surface area contributed by atoms with Gasteiger partial charge in [0.05, 0.1) is 26.7 Å². The third-order valence-electron chi connectivity index (χ3n) is 6.79. The average Bonchev–Trinajstić information content (AvgIpc) is 2.86.